The SMILES string of the molecule is COC1CCN(C(=O)c2cn(-c3cccc4c3CN(C3CCC(=O)NC3=O)C4=O)nn2)C1. The molecule has 0 bridgehead atoms. The summed E-state index contributed by atoms with van der Waals surface area (Å²) in [6.07, 6.45) is 2.84. The van der Waals surface area contributed by atoms with Gasteiger partial charge in [-0.3, -0.25) is 24.5 Å². The van der Waals surface area contributed by atoms with Gasteiger partial charge in [0.25, 0.3) is 11.8 Å². The van der Waals surface area contributed by atoms with Crippen LogP contribution in [0.2, 0.25) is 0 Å². The first-order valence-corrected chi connectivity index (χ1v) is 10.5. The molecule has 2 aromatic rings. The van der Waals surface area contributed by atoms with Crippen LogP contribution in [0.15, 0.2) is 24.4 Å². The normalized spacial score (nSPS) is 23.0. The summed E-state index contributed by atoms with van der Waals surface area (Å²) in [5.41, 5.74) is 2.00. The second-order valence-electron chi connectivity index (χ2n) is 8.15. The first kappa shape index (κ1) is 20.3. The van der Waals surface area contributed by atoms with Gasteiger partial charge in [-0.1, -0.05) is 11.3 Å². The third-order valence-corrected chi connectivity index (χ3v) is 6.28. The van der Waals surface area contributed by atoms with Gasteiger partial charge in [0.2, 0.25) is 11.8 Å². The molecule has 0 saturated carbocycles. The highest BCUT2D eigenvalue weighted by Crippen LogP contribution is 2.31. The van der Waals surface area contributed by atoms with Gasteiger partial charge in [0.15, 0.2) is 5.69 Å². The average molecular weight is 438 g/mol. The lowest BCUT2D eigenvalue weighted by Gasteiger charge is -2.29. The van der Waals surface area contributed by atoms with Crippen LogP contribution in [0, 0.1) is 0 Å². The Morgan fingerprint density at radius 2 is 2.06 bits per heavy atom. The second kappa shape index (κ2) is 7.83. The lowest BCUT2D eigenvalue weighted by molar-refractivity contribution is -0.136. The molecule has 2 unspecified atom stereocenters. The average Bonchev–Trinajstić information content (AvgIpc) is 3.52. The molecule has 3 aliphatic heterocycles. The van der Waals surface area contributed by atoms with Crippen molar-refractivity contribution in [1.82, 2.24) is 30.1 Å². The van der Waals surface area contributed by atoms with Crippen molar-refractivity contribution in [3.05, 3.63) is 41.2 Å². The molecule has 1 N–H and O–H groups in total. The van der Waals surface area contributed by atoms with Crippen molar-refractivity contribution < 1.29 is 23.9 Å². The number of ether oxygens (including phenoxy) is 1. The first-order chi connectivity index (χ1) is 15.5. The Labute approximate surface area is 183 Å². The van der Waals surface area contributed by atoms with Crippen LogP contribution in [0.1, 0.15) is 45.7 Å². The number of likely N-dealkylation sites (tertiary alicyclic amines) is 1. The smallest absolute Gasteiger partial charge is 0.276 e. The standard InChI is InChI=1S/C21H22N6O5/c1-32-12-7-8-25(9-12)21(31)15-11-27(24-23-15)16-4-2-3-13-14(16)10-26(20(13)30)17-5-6-18(28)22-19(17)29/h2-4,11-12,17H,5-10H2,1H3,(H,22,28,29). The molecular weight excluding hydrogens is 416 g/mol. The lowest BCUT2D eigenvalue weighted by Crippen LogP contribution is -2.52. The number of rotatable bonds is 4. The Morgan fingerprint density at radius 3 is 2.81 bits per heavy atom. The van der Waals surface area contributed by atoms with Crippen molar-refractivity contribution in [2.75, 3.05) is 20.2 Å². The van der Waals surface area contributed by atoms with E-state index in [1.807, 2.05) is 0 Å². The van der Waals surface area contributed by atoms with Gasteiger partial charge < -0.3 is 14.5 Å². The maximum atomic E-state index is 13.0. The number of hydrogen-bond acceptors (Lipinski definition) is 7. The fourth-order valence-corrected chi connectivity index (χ4v) is 4.53. The zero-order chi connectivity index (χ0) is 22.4. The Morgan fingerprint density at radius 1 is 1.22 bits per heavy atom. The number of hydrogen-bond donors (Lipinski definition) is 1. The maximum Gasteiger partial charge on any atom is 0.276 e. The monoisotopic (exact) mass is 438 g/mol. The van der Waals surface area contributed by atoms with Crippen molar-refractivity contribution in [3.8, 4) is 5.69 Å². The Balaban J connectivity index is 1.39. The number of nitrogens with one attached hydrogen (secondary N) is 1. The molecule has 0 radical (unpaired) electrons. The van der Waals surface area contributed by atoms with Gasteiger partial charge in [-0.05, 0) is 25.0 Å². The zero-order valence-electron chi connectivity index (χ0n) is 17.5. The van der Waals surface area contributed by atoms with Crippen LogP contribution in [0.3, 0.4) is 0 Å². The Kier molecular flexibility index (Phi) is 4.97. The van der Waals surface area contributed by atoms with Gasteiger partial charge in [0.1, 0.15) is 6.04 Å². The minimum atomic E-state index is -0.697. The van der Waals surface area contributed by atoms with Crippen LogP contribution >= 0.6 is 0 Å². The van der Waals surface area contributed by atoms with E-state index in [0.717, 1.165) is 6.42 Å². The zero-order valence-corrected chi connectivity index (χ0v) is 17.5. The molecule has 2 fully saturated rings. The fraction of sp³-hybridized carbons (Fsp3) is 0.429. The van der Waals surface area contributed by atoms with Crippen molar-refractivity contribution in [3.63, 3.8) is 0 Å². The minimum Gasteiger partial charge on any atom is -0.380 e. The predicted octanol–water partition coefficient (Wildman–Crippen LogP) is -0.111. The highest BCUT2D eigenvalue weighted by molar-refractivity contribution is 6.05. The number of fused-ring (bicyclic) bond motifs is 1. The van der Waals surface area contributed by atoms with Crippen LogP contribution in [0.25, 0.3) is 5.69 Å². The molecule has 5 rings (SSSR count). The molecule has 11 heteroatoms. The van der Waals surface area contributed by atoms with E-state index < -0.39 is 11.9 Å². The summed E-state index contributed by atoms with van der Waals surface area (Å²) in [4.78, 5) is 52.7. The summed E-state index contributed by atoms with van der Waals surface area (Å²) in [6, 6.07) is 4.52. The summed E-state index contributed by atoms with van der Waals surface area (Å²) in [5, 5.41) is 10.5. The van der Waals surface area contributed by atoms with Crippen LogP contribution in [0.4, 0.5) is 0 Å². The molecular formula is C21H22N6O5. The topological polar surface area (TPSA) is 127 Å². The number of amides is 4. The number of imide groups is 1. The van der Waals surface area contributed by atoms with Crippen molar-refractivity contribution in [2.45, 2.75) is 38.0 Å². The summed E-state index contributed by atoms with van der Waals surface area (Å²) in [7, 11) is 1.63. The van der Waals surface area contributed by atoms with Gasteiger partial charge in [0, 0.05) is 44.3 Å². The van der Waals surface area contributed by atoms with Crippen molar-refractivity contribution in [2.24, 2.45) is 0 Å². The second-order valence-corrected chi connectivity index (χ2v) is 8.15. The van der Waals surface area contributed by atoms with E-state index in [4.69, 9.17) is 4.74 Å². The van der Waals surface area contributed by atoms with Gasteiger partial charge >= 0.3 is 0 Å². The maximum absolute atomic E-state index is 13.0. The summed E-state index contributed by atoms with van der Waals surface area (Å²) >= 11 is 0. The van der Waals surface area contributed by atoms with Gasteiger partial charge in [-0.25, -0.2) is 4.68 Å². The summed E-state index contributed by atoms with van der Waals surface area (Å²) in [5.74, 6) is -1.27. The molecule has 3 aliphatic rings. The third-order valence-electron chi connectivity index (χ3n) is 6.28. The summed E-state index contributed by atoms with van der Waals surface area (Å²) < 4.78 is 6.80. The summed E-state index contributed by atoms with van der Waals surface area (Å²) in [6.45, 7) is 1.32. The van der Waals surface area contributed by atoms with Crippen LogP contribution in [-0.4, -0.2) is 80.8 Å². The fourth-order valence-electron chi connectivity index (χ4n) is 4.53. The van der Waals surface area contributed by atoms with E-state index in [-0.39, 0.29) is 42.5 Å². The van der Waals surface area contributed by atoms with E-state index in [2.05, 4.69) is 15.6 Å². The molecule has 4 heterocycles. The molecule has 2 saturated heterocycles. The van der Waals surface area contributed by atoms with Crippen molar-refractivity contribution >= 4 is 23.6 Å². The molecule has 11 nitrogen and oxygen atoms in total. The molecule has 2 atom stereocenters. The van der Waals surface area contributed by atoms with E-state index >= 15 is 0 Å². The molecule has 1 aromatic heterocycles. The number of benzene rings is 1. The van der Waals surface area contributed by atoms with E-state index in [9.17, 15) is 19.2 Å². The number of carbonyl (C=O) groups is 4. The van der Waals surface area contributed by atoms with Crippen molar-refractivity contribution in [1.29, 1.82) is 0 Å². The highest BCUT2D eigenvalue weighted by atomic mass is 16.5. The molecule has 4 amide bonds. The van der Waals surface area contributed by atoms with Crippen LogP contribution in [0.5, 0.6) is 0 Å². The number of aromatic nitrogens is 3. The number of piperidine rings is 1. The predicted molar refractivity (Wildman–Crippen MR) is 109 cm³/mol. The number of methoxy groups -OCH3 is 1. The van der Waals surface area contributed by atoms with Crippen LogP contribution < -0.4 is 5.32 Å². The molecule has 32 heavy (non-hydrogen) atoms. The Bertz CT molecular complexity index is 1130. The quantitative estimate of drug-likeness (QED) is 0.660. The highest BCUT2D eigenvalue weighted by Gasteiger charge is 2.40. The van der Waals surface area contributed by atoms with Gasteiger partial charge in [-0.15, -0.1) is 5.10 Å². The largest absolute Gasteiger partial charge is 0.380 e. The molecule has 1 aromatic carbocycles. The first-order valence-electron chi connectivity index (χ1n) is 10.5. The number of carbonyl (C=O) groups excluding carboxylic acids is 4. The third kappa shape index (κ3) is 3.34. The van der Waals surface area contributed by atoms with Gasteiger partial charge in [-0.2, -0.15) is 0 Å². The molecule has 166 valence electrons. The van der Waals surface area contributed by atoms with E-state index in [1.54, 1.807) is 36.4 Å². The van der Waals surface area contributed by atoms with Crippen LogP contribution in [-0.2, 0) is 20.9 Å². The van der Waals surface area contributed by atoms with E-state index in [1.165, 1.54) is 9.58 Å². The molecule has 0 spiro atoms. The lowest BCUT2D eigenvalue weighted by atomic mass is 10.0. The molecule has 0 aliphatic carbocycles. The number of nitrogens with zero attached hydrogens (tertiary/aromatic N) is 5. The minimum absolute atomic E-state index is 0.0238. The van der Waals surface area contributed by atoms with Gasteiger partial charge in [0.05, 0.1) is 18.0 Å². The van der Waals surface area contributed by atoms with E-state index in [0.29, 0.717) is 36.3 Å². The Hall–Kier alpha value is -3.60.